The van der Waals surface area contributed by atoms with E-state index >= 15 is 19.2 Å². The first-order valence-corrected chi connectivity index (χ1v) is 19.3. The lowest BCUT2D eigenvalue weighted by molar-refractivity contribution is -0.144. The molecule has 304 valence electrons. The van der Waals surface area contributed by atoms with E-state index in [4.69, 9.17) is 0 Å². The molecule has 8 rings (SSSR count). The summed E-state index contributed by atoms with van der Waals surface area (Å²) in [6.07, 6.45) is -0.893. The molecule has 0 fully saturated rings. The Kier molecular flexibility index (Phi) is 10.0. The number of Topliss-reactive ketones (excluding diaryl/α,β-unsaturated/α-hetero) is 4. The molecule has 2 aliphatic rings. The Morgan fingerprint density at radius 3 is 0.869 bits per heavy atom. The normalized spacial score (nSPS) is 17.4. The van der Waals surface area contributed by atoms with Crippen LogP contribution in [0.2, 0.25) is 0 Å². The lowest BCUT2D eigenvalue weighted by atomic mass is 9.51. The number of carbonyl (C=O) groups is 4. The van der Waals surface area contributed by atoms with Crippen molar-refractivity contribution in [1.29, 1.82) is 0 Å². The second-order valence-electron chi connectivity index (χ2n) is 15.3. The van der Waals surface area contributed by atoms with Crippen LogP contribution >= 0.6 is 0 Å². The Morgan fingerprint density at radius 2 is 0.574 bits per heavy atom. The van der Waals surface area contributed by atoms with Gasteiger partial charge < -0.3 is 35.7 Å². The van der Waals surface area contributed by atoms with Crippen LogP contribution in [0, 0.1) is 0 Å². The zero-order valence-corrected chi connectivity index (χ0v) is 32.4. The molecule has 0 spiro atoms. The number of phenols is 7. The van der Waals surface area contributed by atoms with Crippen molar-refractivity contribution in [3.05, 3.63) is 195 Å². The Labute approximate surface area is 349 Å². The summed E-state index contributed by atoms with van der Waals surface area (Å²) in [6, 6.07) is 32.1. The van der Waals surface area contributed by atoms with E-state index in [2.05, 4.69) is 0 Å². The van der Waals surface area contributed by atoms with Gasteiger partial charge in [0.1, 0.15) is 51.1 Å². The molecule has 0 saturated heterocycles. The summed E-state index contributed by atoms with van der Waals surface area (Å²) in [5.41, 5.74) is -4.08. The smallest absolute Gasteiger partial charge is 0.179 e. The molecule has 0 radical (unpaired) electrons. The van der Waals surface area contributed by atoms with Crippen LogP contribution < -0.4 is 0 Å². The summed E-state index contributed by atoms with van der Waals surface area (Å²) in [7, 11) is 0. The molecule has 0 saturated carbocycles. The highest BCUT2D eigenvalue weighted by Gasteiger charge is 2.75. The summed E-state index contributed by atoms with van der Waals surface area (Å²) in [5, 5.41) is 72.6. The van der Waals surface area contributed by atoms with Gasteiger partial charge in [0.2, 0.25) is 0 Å². The molecular formula is C50H38O11. The van der Waals surface area contributed by atoms with Gasteiger partial charge in [-0.15, -0.1) is 0 Å². The van der Waals surface area contributed by atoms with E-state index in [0.29, 0.717) is 16.7 Å². The molecule has 7 N–H and O–H groups in total. The van der Waals surface area contributed by atoms with E-state index in [0.717, 1.165) is 6.07 Å². The summed E-state index contributed by atoms with van der Waals surface area (Å²) < 4.78 is 0. The van der Waals surface area contributed by atoms with Gasteiger partial charge in [-0.2, -0.15) is 0 Å². The lowest BCUT2D eigenvalue weighted by Crippen LogP contribution is -2.64. The average Bonchev–Trinajstić information content (AvgIpc) is 3.57. The highest BCUT2D eigenvalue weighted by Crippen LogP contribution is 2.59. The van der Waals surface area contributed by atoms with Crippen LogP contribution in [0.5, 0.6) is 40.2 Å². The summed E-state index contributed by atoms with van der Waals surface area (Å²) in [6.45, 7) is 0. The van der Waals surface area contributed by atoms with Crippen molar-refractivity contribution in [2.45, 2.75) is 36.5 Å². The van der Waals surface area contributed by atoms with Crippen molar-refractivity contribution < 1.29 is 54.9 Å². The van der Waals surface area contributed by atoms with Gasteiger partial charge in [0, 0.05) is 54.0 Å². The minimum Gasteiger partial charge on any atom is -0.508 e. The Morgan fingerprint density at radius 1 is 0.311 bits per heavy atom. The van der Waals surface area contributed by atoms with Crippen molar-refractivity contribution in [3.63, 3.8) is 0 Å². The number of allylic oxidation sites excluding steroid dienone is 4. The second-order valence-corrected chi connectivity index (χ2v) is 15.3. The molecule has 0 aliphatic heterocycles. The number of phenolic OH excluding ortho intramolecular Hbond substituents is 7. The van der Waals surface area contributed by atoms with Crippen LogP contribution in [0.25, 0.3) is 0 Å². The molecule has 0 amide bonds. The van der Waals surface area contributed by atoms with E-state index in [1.165, 1.54) is 97.1 Å². The SMILES string of the molecule is O=C1C(Cc2ccc(O)cc2)=C(Cc2ccc(O)cc2)C(=O)C1(c1ccc(O)cc1)C1(c2ccc(O)cc2)C(=O)C(Cc2ccc(O)cc2)=C(Cc2ccc(O)cc2O)C1=O. The molecule has 1 unspecified atom stereocenters. The Bertz CT molecular complexity index is 2730. The van der Waals surface area contributed by atoms with Crippen molar-refractivity contribution in [2.24, 2.45) is 0 Å². The molecular weight excluding hydrogens is 777 g/mol. The van der Waals surface area contributed by atoms with Crippen LogP contribution in [0.1, 0.15) is 33.4 Å². The number of rotatable bonds is 11. The monoisotopic (exact) mass is 814 g/mol. The van der Waals surface area contributed by atoms with E-state index in [9.17, 15) is 35.7 Å². The Balaban J connectivity index is 1.44. The predicted octanol–water partition coefficient (Wildman–Crippen LogP) is 6.67. The number of benzene rings is 6. The van der Waals surface area contributed by atoms with Crippen LogP contribution in [-0.4, -0.2) is 58.9 Å². The third-order valence-electron chi connectivity index (χ3n) is 11.7. The molecule has 61 heavy (non-hydrogen) atoms. The fraction of sp³-hybridized carbons (Fsp3) is 0.120. The third-order valence-corrected chi connectivity index (χ3v) is 11.7. The third kappa shape index (κ3) is 6.66. The molecule has 2 aliphatic carbocycles. The second kappa shape index (κ2) is 15.4. The maximum absolute atomic E-state index is 16.1. The van der Waals surface area contributed by atoms with Crippen molar-refractivity contribution in [1.82, 2.24) is 0 Å². The zero-order valence-electron chi connectivity index (χ0n) is 32.4. The van der Waals surface area contributed by atoms with E-state index in [1.807, 2.05) is 0 Å². The van der Waals surface area contributed by atoms with Gasteiger partial charge in [0.15, 0.2) is 23.1 Å². The average molecular weight is 815 g/mol. The summed E-state index contributed by atoms with van der Waals surface area (Å²) in [4.78, 5) is 64.6. The first kappa shape index (κ1) is 39.9. The molecule has 0 aromatic heterocycles. The maximum Gasteiger partial charge on any atom is 0.179 e. The molecule has 11 nitrogen and oxygen atoms in total. The molecule has 1 atom stereocenters. The topological polar surface area (TPSA) is 210 Å². The van der Waals surface area contributed by atoms with Crippen LogP contribution in [0.4, 0.5) is 0 Å². The Hall–Kier alpha value is -7.92. The maximum atomic E-state index is 16.1. The van der Waals surface area contributed by atoms with E-state index in [1.54, 1.807) is 36.4 Å². The molecule has 6 aromatic rings. The van der Waals surface area contributed by atoms with Crippen molar-refractivity contribution in [2.75, 3.05) is 0 Å². The molecule has 0 heterocycles. The number of carbonyl (C=O) groups excluding carboxylic acids is 4. The van der Waals surface area contributed by atoms with Crippen molar-refractivity contribution >= 4 is 23.1 Å². The van der Waals surface area contributed by atoms with Gasteiger partial charge >= 0.3 is 0 Å². The van der Waals surface area contributed by atoms with Crippen LogP contribution in [-0.2, 0) is 55.7 Å². The predicted molar refractivity (Wildman–Crippen MR) is 223 cm³/mol. The number of ketones is 4. The van der Waals surface area contributed by atoms with Crippen molar-refractivity contribution in [3.8, 4) is 40.2 Å². The standard InChI is InChI=1S/C50H38O11/c51-34-12-1-28(2-13-34)23-40-41(24-29-3-14-35(52)15-4-29)46(59)49(45(40)58,32-8-19-37(54)20-9-32)50(33-10-21-38(55)22-11-33)47(60)42(25-30-5-16-36(53)17-6-30)43(48(50)61)26-31-7-18-39(56)27-44(31)57/h1-22,27,51-57H,23-26H2. The first-order chi connectivity index (χ1) is 29.2. The number of aromatic hydroxyl groups is 7. The first-order valence-electron chi connectivity index (χ1n) is 19.3. The van der Waals surface area contributed by atoms with E-state index < -0.39 is 34.0 Å². The van der Waals surface area contributed by atoms with Gasteiger partial charge in [-0.25, -0.2) is 0 Å². The zero-order chi connectivity index (χ0) is 43.2. The fourth-order valence-electron chi connectivity index (χ4n) is 8.82. The number of hydrogen-bond acceptors (Lipinski definition) is 11. The van der Waals surface area contributed by atoms with Gasteiger partial charge in [0.25, 0.3) is 0 Å². The molecule has 11 heteroatoms. The van der Waals surface area contributed by atoms with Gasteiger partial charge in [0.05, 0.1) is 0 Å². The molecule has 6 aromatic carbocycles. The summed E-state index contributed by atoms with van der Waals surface area (Å²) >= 11 is 0. The van der Waals surface area contributed by atoms with Gasteiger partial charge in [-0.3, -0.25) is 19.2 Å². The minimum absolute atomic E-state index is 0.0136. The van der Waals surface area contributed by atoms with Crippen LogP contribution in [0.15, 0.2) is 162 Å². The fourth-order valence-corrected chi connectivity index (χ4v) is 8.82. The molecule has 0 bridgehead atoms. The minimum atomic E-state index is -2.70. The highest BCUT2D eigenvalue weighted by atomic mass is 16.3. The van der Waals surface area contributed by atoms with Gasteiger partial charge in [-0.1, -0.05) is 66.7 Å². The van der Waals surface area contributed by atoms with Gasteiger partial charge in [-0.05, 0) is 100 Å². The largest absolute Gasteiger partial charge is 0.508 e. The van der Waals surface area contributed by atoms with E-state index in [-0.39, 0.29) is 105 Å². The lowest BCUT2D eigenvalue weighted by Gasteiger charge is -2.43. The quantitative estimate of drug-likeness (QED) is 0.0687. The number of hydrogen-bond donors (Lipinski definition) is 7. The summed E-state index contributed by atoms with van der Waals surface area (Å²) in [5.74, 6) is -4.77. The van der Waals surface area contributed by atoms with Crippen LogP contribution in [0.3, 0.4) is 0 Å². The highest BCUT2D eigenvalue weighted by molar-refractivity contribution is 6.44.